The van der Waals surface area contributed by atoms with Crippen molar-refractivity contribution in [3.63, 3.8) is 0 Å². The van der Waals surface area contributed by atoms with Crippen LogP contribution in [0, 0.1) is 11.8 Å². The molecular weight excluding hydrogens is 138 g/mol. The molecule has 64 valence electrons. The van der Waals surface area contributed by atoms with Gasteiger partial charge >= 0.3 is 0 Å². The Morgan fingerprint density at radius 3 is 2.45 bits per heavy atom. The monoisotopic (exact) mass is 155 g/mol. The van der Waals surface area contributed by atoms with E-state index in [2.05, 4.69) is 11.8 Å². The summed E-state index contributed by atoms with van der Waals surface area (Å²) in [7, 11) is 0. The zero-order valence-corrected chi connectivity index (χ0v) is 7.63. The highest BCUT2D eigenvalue weighted by molar-refractivity contribution is 5.84. The van der Waals surface area contributed by atoms with Gasteiger partial charge in [0, 0.05) is 24.9 Å². The summed E-state index contributed by atoms with van der Waals surface area (Å²) in [5, 5.41) is 0. The van der Waals surface area contributed by atoms with Crippen LogP contribution in [0.15, 0.2) is 0 Å². The predicted octanol–water partition coefficient (Wildman–Crippen LogP) is 1.16. The average molecular weight is 155 g/mol. The minimum Gasteiger partial charge on any atom is -0.302 e. The lowest BCUT2D eigenvalue weighted by Crippen LogP contribution is -2.50. The Bertz CT molecular complexity index is 148. The molecule has 1 aliphatic heterocycles. The fourth-order valence-corrected chi connectivity index (χ4v) is 1.48. The van der Waals surface area contributed by atoms with E-state index in [0.29, 0.717) is 11.7 Å². The van der Waals surface area contributed by atoms with Crippen molar-refractivity contribution in [3.8, 4) is 0 Å². The molecule has 0 amide bonds. The summed E-state index contributed by atoms with van der Waals surface area (Å²) < 4.78 is 0. The van der Waals surface area contributed by atoms with E-state index in [-0.39, 0.29) is 5.92 Å². The Morgan fingerprint density at radius 1 is 1.55 bits per heavy atom. The van der Waals surface area contributed by atoms with Crippen LogP contribution in [0.25, 0.3) is 0 Å². The van der Waals surface area contributed by atoms with Gasteiger partial charge in [-0.25, -0.2) is 0 Å². The van der Waals surface area contributed by atoms with E-state index in [9.17, 15) is 4.79 Å². The summed E-state index contributed by atoms with van der Waals surface area (Å²) >= 11 is 0. The van der Waals surface area contributed by atoms with Crippen LogP contribution in [-0.2, 0) is 4.79 Å². The number of hydrogen-bond donors (Lipinski definition) is 0. The third kappa shape index (κ3) is 1.80. The van der Waals surface area contributed by atoms with E-state index in [0.717, 1.165) is 19.6 Å². The smallest absolute Gasteiger partial charge is 0.141 e. The highest BCUT2D eigenvalue weighted by atomic mass is 16.1. The fourth-order valence-electron chi connectivity index (χ4n) is 1.48. The lowest BCUT2D eigenvalue weighted by Gasteiger charge is -2.38. The summed E-state index contributed by atoms with van der Waals surface area (Å²) in [6, 6.07) is 0. The second-order valence-corrected chi connectivity index (χ2v) is 3.61. The van der Waals surface area contributed by atoms with Crippen molar-refractivity contribution in [2.75, 3.05) is 19.6 Å². The number of carbonyl (C=O) groups excluding carboxylic acids is 1. The molecule has 1 aliphatic rings. The first-order valence-corrected chi connectivity index (χ1v) is 4.41. The van der Waals surface area contributed by atoms with Crippen LogP contribution in [0.4, 0.5) is 0 Å². The molecule has 1 heterocycles. The molecule has 0 aromatic rings. The molecule has 0 radical (unpaired) electrons. The Balaban J connectivity index is 2.27. The van der Waals surface area contributed by atoms with E-state index in [4.69, 9.17) is 0 Å². The maximum absolute atomic E-state index is 11.4. The molecule has 0 atom stereocenters. The van der Waals surface area contributed by atoms with E-state index in [1.807, 2.05) is 13.8 Å². The predicted molar refractivity (Wildman–Crippen MR) is 45.4 cm³/mol. The molecule has 0 unspecified atom stereocenters. The zero-order valence-electron chi connectivity index (χ0n) is 7.63. The minimum absolute atomic E-state index is 0.221. The molecule has 1 fully saturated rings. The topological polar surface area (TPSA) is 20.3 Å². The molecule has 0 aliphatic carbocycles. The number of likely N-dealkylation sites (tertiary alicyclic amines) is 1. The molecule has 0 spiro atoms. The van der Waals surface area contributed by atoms with Gasteiger partial charge in [-0.1, -0.05) is 20.8 Å². The summed E-state index contributed by atoms with van der Waals surface area (Å²) in [6.45, 7) is 9.17. The van der Waals surface area contributed by atoms with Gasteiger partial charge in [0.1, 0.15) is 5.78 Å². The lowest BCUT2D eigenvalue weighted by atomic mass is 9.89. The first-order valence-electron chi connectivity index (χ1n) is 4.41. The van der Waals surface area contributed by atoms with Gasteiger partial charge in [-0.15, -0.1) is 0 Å². The first kappa shape index (κ1) is 8.72. The largest absolute Gasteiger partial charge is 0.302 e. The molecule has 2 heteroatoms. The van der Waals surface area contributed by atoms with Crippen LogP contribution in [0.1, 0.15) is 20.8 Å². The van der Waals surface area contributed by atoms with Crippen molar-refractivity contribution in [2.24, 2.45) is 11.8 Å². The van der Waals surface area contributed by atoms with E-state index in [1.165, 1.54) is 0 Å². The molecule has 0 aromatic heterocycles. The van der Waals surface area contributed by atoms with Crippen LogP contribution < -0.4 is 0 Å². The fraction of sp³-hybridized carbons (Fsp3) is 0.889. The second kappa shape index (κ2) is 3.35. The number of ketones is 1. The first-order chi connectivity index (χ1) is 5.15. The van der Waals surface area contributed by atoms with Crippen molar-refractivity contribution in [3.05, 3.63) is 0 Å². The van der Waals surface area contributed by atoms with Crippen molar-refractivity contribution in [1.82, 2.24) is 4.90 Å². The van der Waals surface area contributed by atoms with Gasteiger partial charge in [0.2, 0.25) is 0 Å². The highest BCUT2D eigenvalue weighted by Gasteiger charge is 2.32. The number of hydrogen-bond acceptors (Lipinski definition) is 2. The van der Waals surface area contributed by atoms with Crippen LogP contribution >= 0.6 is 0 Å². The molecule has 0 N–H and O–H groups in total. The Hall–Kier alpha value is -0.370. The molecule has 0 saturated carbocycles. The molecule has 0 bridgehead atoms. The SMILES string of the molecule is CCN1CC(C(=O)C(C)C)C1. The van der Waals surface area contributed by atoms with Crippen molar-refractivity contribution in [2.45, 2.75) is 20.8 Å². The van der Waals surface area contributed by atoms with Gasteiger partial charge in [-0.05, 0) is 6.54 Å². The molecule has 1 rings (SSSR count). The molecular formula is C9H17NO. The summed E-state index contributed by atoms with van der Waals surface area (Å²) in [5.74, 6) is 1.00. The van der Waals surface area contributed by atoms with Gasteiger partial charge in [0.15, 0.2) is 0 Å². The molecule has 0 aromatic carbocycles. The van der Waals surface area contributed by atoms with Gasteiger partial charge in [0.05, 0.1) is 0 Å². The van der Waals surface area contributed by atoms with Crippen molar-refractivity contribution < 1.29 is 4.79 Å². The number of carbonyl (C=O) groups is 1. The molecule has 1 saturated heterocycles. The summed E-state index contributed by atoms with van der Waals surface area (Å²) in [4.78, 5) is 13.7. The highest BCUT2D eigenvalue weighted by Crippen LogP contribution is 2.18. The van der Waals surface area contributed by atoms with E-state index in [1.54, 1.807) is 0 Å². The number of rotatable bonds is 3. The summed E-state index contributed by atoms with van der Waals surface area (Å²) in [5.41, 5.74) is 0. The Kier molecular flexibility index (Phi) is 2.66. The normalized spacial score (nSPS) is 20.4. The van der Waals surface area contributed by atoms with Gasteiger partial charge in [-0.2, -0.15) is 0 Å². The molecule has 2 nitrogen and oxygen atoms in total. The van der Waals surface area contributed by atoms with E-state index >= 15 is 0 Å². The van der Waals surface area contributed by atoms with Gasteiger partial charge in [-0.3, -0.25) is 4.79 Å². The maximum atomic E-state index is 11.4. The van der Waals surface area contributed by atoms with Crippen LogP contribution in [0.3, 0.4) is 0 Å². The quantitative estimate of drug-likeness (QED) is 0.609. The number of nitrogens with zero attached hydrogens (tertiary/aromatic N) is 1. The minimum atomic E-state index is 0.221. The Morgan fingerprint density at radius 2 is 2.09 bits per heavy atom. The average Bonchev–Trinajstić information content (AvgIpc) is 1.85. The second-order valence-electron chi connectivity index (χ2n) is 3.61. The standard InChI is InChI=1S/C9H17NO/c1-4-10-5-8(6-10)9(11)7(2)3/h7-8H,4-6H2,1-3H3. The summed E-state index contributed by atoms with van der Waals surface area (Å²) in [6.07, 6.45) is 0. The third-order valence-electron chi connectivity index (χ3n) is 2.38. The van der Waals surface area contributed by atoms with Gasteiger partial charge < -0.3 is 4.90 Å². The molecule has 11 heavy (non-hydrogen) atoms. The van der Waals surface area contributed by atoms with Crippen LogP contribution in [-0.4, -0.2) is 30.3 Å². The van der Waals surface area contributed by atoms with Crippen LogP contribution in [0.5, 0.6) is 0 Å². The lowest BCUT2D eigenvalue weighted by molar-refractivity contribution is -0.130. The number of Topliss-reactive ketones (excluding diaryl/α,β-unsaturated/α-hetero) is 1. The Labute approximate surface area is 68.6 Å². The van der Waals surface area contributed by atoms with Gasteiger partial charge in [0.25, 0.3) is 0 Å². The third-order valence-corrected chi connectivity index (χ3v) is 2.38. The van der Waals surface area contributed by atoms with Crippen molar-refractivity contribution in [1.29, 1.82) is 0 Å². The maximum Gasteiger partial charge on any atom is 0.141 e. The van der Waals surface area contributed by atoms with Crippen molar-refractivity contribution >= 4 is 5.78 Å². The van der Waals surface area contributed by atoms with E-state index < -0.39 is 0 Å². The zero-order chi connectivity index (χ0) is 8.43. The van der Waals surface area contributed by atoms with Crippen LogP contribution in [0.2, 0.25) is 0 Å².